The number of halogens is 1. The predicted octanol–water partition coefficient (Wildman–Crippen LogP) is 3.01. The standard InChI is InChI=1S/C17H25BrN6O2/c1-16(2,3)26-15(25)22-17(4)6-8-24(9-7-17)14-21-12-13(23(14)5)20-11(18)10-19-12/h10H,6-9H2,1-5H3,(H,22,25). The summed E-state index contributed by atoms with van der Waals surface area (Å²) in [4.78, 5) is 27.7. The lowest BCUT2D eigenvalue weighted by Gasteiger charge is -2.40. The summed E-state index contributed by atoms with van der Waals surface area (Å²) in [7, 11) is 1.94. The Morgan fingerprint density at radius 1 is 1.31 bits per heavy atom. The number of nitrogens with zero attached hydrogens (tertiary/aromatic N) is 5. The van der Waals surface area contributed by atoms with E-state index in [0.29, 0.717) is 10.3 Å². The number of carbonyl (C=O) groups excluding carboxylic acids is 1. The minimum absolute atomic E-state index is 0.289. The fourth-order valence-electron chi connectivity index (χ4n) is 3.08. The van der Waals surface area contributed by atoms with Crippen molar-refractivity contribution in [1.82, 2.24) is 24.8 Å². The molecular formula is C17H25BrN6O2. The van der Waals surface area contributed by atoms with Gasteiger partial charge in [-0.15, -0.1) is 0 Å². The molecule has 2 aromatic rings. The molecule has 0 atom stereocenters. The molecule has 9 heteroatoms. The van der Waals surface area contributed by atoms with Gasteiger partial charge in [0.15, 0.2) is 11.3 Å². The molecule has 1 aliphatic heterocycles. The zero-order valence-electron chi connectivity index (χ0n) is 15.8. The summed E-state index contributed by atoms with van der Waals surface area (Å²) in [5.74, 6) is 0.845. The van der Waals surface area contributed by atoms with Crippen LogP contribution in [0.5, 0.6) is 0 Å². The number of carbonyl (C=O) groups is 1. The van der Waals surface area contributed by atoms with Crippen molar-refractivity contribution in [3.8, 4) is 0 Å². The average Bonchev–Trinajstić information content (AvgIpc) is 2.82. The number of fused-ring (bicyclic) bond motifs is 1. The number of aromatic nitrogens is 4. The van der Waals surface area contributed by atoms with Crippen LogP contribution in [0.1, 0.15) is 40.5 Å². The third kappa shape index (κ3) is 4.08. The Balaban J connectivity index is 1.68. The van der Waals surface area contributed by atoms with E-state index in [0.717, 1.165) is 37.5 Å². The van der Waals surface area contributed by atoms with E-state index in [9.17, 15) is 4.79 Å². The Bertz CT molecular complexity index is 821. The molecule has 0 spiro atoms. The summed E-state index contributed by atoms with van der Waals surface area (Å²) in [6.07, 6.45) is 2.89. The number of piperidine rings is 1. The SMILES string of the molecule is Cn1c(N2CCC(C)(NC(=O)OC(C)(C)C)CC2)nc2ncc(Br)nc21. The normalized spacial score (nSPS) is 17.4. The molecule has 1 N–H and O–H groups in total. The molecule has 1 fully saturated rings. The largest absolute Gasteiger partial charge is 0.444 e. The maximum atomic E-state index is 12.1. The summed E-state index contributed by atoms with van der Waals surface area (Å²) in [5, 5.41) is 3.03. The summed E-state index contributed by atoms with van der Waals surface area (Å²) in [6, 6.07) is 0. The van der Waals surface area contributed by atoms with Gasteiger partial charge in [0.1, 0.15) is 10.2 Å². The number of anilines is 1. The zero-order valence-corrected chi connectivity index (χ0v) is 17.4. The molecule has 0 aromatic carbocycles. The van der Waals surface area contributed by atoms with Crippen LogP contribution in [0.15, 0.2) is 10.8 Å². The molecule has 1 amide bonds. The number of hydrogen-bond donors (Lipinski definition) is 1. The van der Waals surface area contributed by atoms with Crippen molar-refractivity contribution in [3.63, 3.8) is 0 Å². The second-order valence-corrected chi connectivity index (χ2v) is 8.80. The molecule has 8 nitrogen and oxygen atoms in total. The van der Waals surface area contributed by atoms with Crippen molar-refractivity contribution in [1.29, 1.82) is 0 Å². The molecular weight excluding hydrogens is 400 g/mol. The van der Waals surface area contributed by atoms with Crippen LogP contribution in [0.25, 0.3) is 11.3 Å². The monoisotopic (exact) mass is 424 g/mol. The molecule has 3 heterocycles. The van der Waals surface area contributed by atoms with Crippen LogP contribution < -0.4 is 10.2 Å². The van der Waals surface area contributed by atoms with Crippen LogP contribution in [-0.4, -0.2) is 49.8 Å². The second-order valence-electron chi connectivity index (χ2n) is 7.99. The molecule has 26 heavy (non-hydrogen) atoms. The van der Waals surface area contributed by atoms with E-state index in [1.165, 1.54) is 0 Å². The van der Waals surface area contributed by atoms with E-state index in [1.807, 2.05) is 32.4 Å². The van der Waals surface area contributed by atoms with E-state index < -0.39 is 5.60 Å². The first-order valence-electron chi connectivity index (χ1n) is 8.67. The third-order valence-corrected chi connectivity index (χ3v) is 4.86. The number of alkyl carbamates (subject to hydrolysis) is 1. The van der Waals surface area contributed by atoms with Crippen molar-refractivity contribution in [2.24, 2.45) is 7.05 Å². The fraction of sp³-hybridized carbons (Fsp3) is 0.647. The molecule has 0 saturated carbocycles. The zero-order chi connectivity index (χ0) is 19.1. The van der Waals surface area contributed by atoms with Gasteiger partial charge in [-0.3, -0.25) is 4.57 Å². The van der Waals surface area contributed by atoms with E-state index in [1.54, 1.807) is 6.20 Å². The van der Waals surface area contributed by atoms with Gasteiger partial charge >= 0.3 is 6.09 Å². The topological polar surface area (TPSA) is 85.2 Å². The van der Waals surface area contributed by atoms with Crippen LogP contribution >= 0.6 is 15.9 Å². The number of rotatable bonds is 2. The van der Waals surface area contributed by atoms with Gasteiger partial charge in [-0.25, -0.2) is 14.8 Å². The van der Waals surface area contributed by atoms with Gasteiger partial charge in [-0.1, -0.05) is 0 Å². The van der Waals surface area contributed by atoms with Crippen molar-refractivity contribution in [2.75, 3.05) is 18.0 Å². The lowest BCUT2D eigenvalue weighted by Crippen LogP contribution is -2.54. The third-order valence-electron chi connectivity index (χ3n) is 4.48. The van der Waals surface area contributed by atoms with E-state index in [2.05, 4.69) is 48.0 Å². The van der Waals surface area contributed by atoms with Gasteiger partial charge in [-0.2, -0.15) is 4.98 Å². The molecule has 1 saturated heterocycles. The first-order chi connectivity index (χ1) is 12.1. The highest BCUT2D eigenvalue weighted by molar-refractivity contribution is 9.10. The van der Waals surface area contributed by atoms with Crippen LogP contribution in [0.2, 0.25) is 0 Å². The minimum atomic E-state index is -0.498. The molecule has 2 aromatic heterocycles. The van der Waals surface area contributed by atoms with Crippen LogP contribution in [-0.2, 0) is 11.8 Å². The van der Waals surface area contributed by atoms with Gasteiger partial charge < -0.3 is 15.0 Å². The number of hydrogen-bond acceptors (Lipinski definition) is 6. The maximum absolute atomic E-state index is 12.1. The summed E-state index contributed by atoms with van der Waals surface area (Å²) >= 11 is 3.35. The van der Waals surface area contributed by atoms with Crippen LogP contribution in [0, 0.1) is 0 Å². The van der Waals surface area contributed by atoms with Crippen molar-refractivity contribution < 1.29 is 9.53 Å². The van der Waals surface area contributed by atoms with E-state index in [-0.39, 0.29) is 11.6 Å². The maximum Gasteiger partial charge on any atom is 0.408 e. The fourth-order valence-corrected chi connectivity index (χ4v) is 3.35. The molecule has 0 unspecified atom stereocenters. The van der Waals surface area contributed by atoms with E-state index in [4.69, 9.17) is 4.74 Å². The van der Waals surface area contributed by atoms with Crippen LogP contribution in [0.4, 0.5) is 10.7 Å². The highest BCUT2D eigenvalue weighted by atomic mass is 79.9. The molecule has 0 radical (unpaired) electrons. The molecule has 1 aliphatic rings. The van der Waals surface area contributed by atoms with Crippen molar-refractivity contribution in [3.05, 3.63) is 10.8 Å². The predicted molar refractivity (Wildman–Crippen MR) is 103 cm³/mol. The van der Waals surface area contributed by atoms with Gasteiger partial charge in [0.25, 0.3) is 0 Å². The van der Waals surface area contributed by atoms with Crippen LogP contribution in [0.3, 0.4) is 0 Å². The van der Waals surface area contributed by atoms with Gasteiger partial charge in [0.2, 0.25) is 5.95 Å². The molecule has 0 bridgehead atoms. The Hall–Kier alpha value is -1.90. The highest BCUT2D eigenvalue weighted by Gasteiger charge is 2.34. The summed E-state index contributed by atoms with van der Waals surface area (Å²) in [5.41, 5.74) is 0.589. The Morgan fingerprint density at radius 2 is 1.96 bits per heavy atom. The smallest absolute Gasteiger partial charge is 0.408 e. The van der Waals surface area contributed by atoms with E-state index >= 15 is 0 Å². The number of aryl methyl sites for hydroxylation is 1. The number of ether oxygens (including phenoxy) is 1. The highest BCUT2D eigenvalue weighted by Crippen LogP contribution is 2.27. The first-order valence-corrected chi connectivity index (χ1v) is 9.47. The number of imidazole rings is 1. The summed E-state index contributed by atoms with van der Waals surface area (Å²) < 4.78 is 8.03. The first kappa shape index (κ1) is 18.9. The molecule has 0 aliphatic carbocycles. The molecule has 142 valence electrons. The lowest BCUT2D eigenvalue weighted by molar-refractivity contribution is 0.0448. The Labute approximate surface area is 161 Å². The Kier molecular flexibility index (Phi) is 4.85. The van der Waals surface area contributed by atoms with Crippen molar-refractivity contribution in [2.45, 2.75) is 51.7 Å². The van der Waals surface area contributed by atoms with Gasteiger partial charge in [0, 0.05) is 25.7 Å². The second kappa shape index (κ2) is 6.68. The Morgan fingerprint density at radius 3 is 2.58 bits per heavy atom. The van der Waals surface area contributed by atoms with Crippen molar-refractivity contribution >= 4 is 39.3 Å². The van der Waals surface area contributed by atoms with Gasteiger partial charge in [-0.05, 0) is 56.5 Å². The average molecular weight is 425 g/mol. The van der Waals surface area contributed by atoms with Gasteiger partial charge in [0.05, 0.1) is 6.20 Å². The summed E-state index contributed by atoms with van der Waals surface area (Å²) in [6.45, 7) is 9.22. The number of nitrogens with one attached hydrogen (secondary N) is 1. The molecule has 3 rings (SSSR count). The number of amides is 1. The quantitative estimate of drug-likeness (QED) is 0.797. The minimum Gasteiger partial charge on any atom is -0.444 e. The lowest BCUT2D eigenvalue weighted by atomic mass is 9.90.